The zero-order chi connectivity index (χ0) is 9.97. The monoisotopic (exact) mass is 211 g/mol. The second-order valence-corrected chi connectivity index (χ2v) is 4.20. The van der Waals surface area contributed by atoms with E-state index in [-0.39, 0.29) is 12.6 Å². The summed E-state index contributed by atoms with van der Waals surface area (Å²) in [6, 6.07) is 5.90. The third kappa shape index (κ3) is 1.87. The molecule has 0 bridgehead atoms. The van der Waals surface area contributed by atoms with Gasteiger partial charge in [-0.05, 0) is 24.1 Å². The molecule has 1 aromatic carbocycles. The third-order valence-electron chi connectivity index (χ3n) is 2.26. The van der Waals surface area contributed by atoms with Gasteiger partial charge in [0.15, 0.2) is 0 Å². The largest absolute Gasteiger partial charge is 0.481 e. The summed E-state index contributed by atoms with van der Waals surface area (Å²) in [7, 11) is 0. The molecule has 2 rings (SSSR count). The molecule has 4 heteroatoms. The van der Waals surface area contributed by atoms with Crippen molar-refractivity contribution in [2.24, 2.45) is 5.73 Å². The molecule has 0 radical (unpaired) electrons. The molecule has 1 aromatic rings. The van der Waals surface area contributed by atoms with Crippen LogP contribution in [0.1, 0.15) is 18.0 Å². The average molecular weight is 211 g/mol. The molecule has 0 saturated heterocycles. The molecule has 0 fully saturated rings. The minimum Gasteiger partial charge on any atom is -0.481 e. The maximum atomic E-state index is 8.78. The van der Waals surface area contributed by atoms with Crippen molar-refractivity contribution in [2.75, 3.05) is 12.5 Å². The van der Waals surface area contributed by atoms with Crippen LogP contribution in [-0.2, 0) is 0 Å². The van der Waals surface area contributed by atoms with Gasteiger partial charge in [0.1, 0.15) is 11.7 Å². The molecule has 1 heterocycles. The normalized spacial score (nSPS) is 16.1. The van der Waals surface area contributed by atoms with E-state index < -0.39 is 0 Å². The molecule has 3 N–H and O–H groups in total. The summed E-state index contributed by atoms with van der Waals surface area (Å²) in [5.41, 5.74) is 6.91. The van der Waals surface area contributed by atoms with Gasteiger partial charge in [0, 0.05) is 12.6 Å². The maximum absolute atomic E-state index is 8.78. The van der Waals surface area contributed by atoms with Gasteiger partial charge in [-0.3, -0.25) is 0 Å². The molecule has 76 valence electrons. The number of benzene rings is 1. The molecule has 0 aliphatic carbocycles. The number of ether oxygens (including phenoxy) is 1. The van der Waals surface area contributed by atoms with E-state index in [1.54, 1.807) is 11.8 Å². The Bertz CT molecular complexity index is 330. The topological polar surface area (TPSA) is 55.5 Å². The van der Waals surface area contributed by atoms with E-state index in [1.807, 2.05) is 18.2 Å². The fraction of sp³-hybridized carbons (Fsp3) is 0.400. The Morgan fingerprint density at radius 1 is 1.57 bits per heavy atom. The Morgan fingerprint density at radius 2 is 2.43 bits per heavy atom. The van der Waals surface area contributed by atoms with Crippen LogP contribution in [0.25, 0.3) is 0 Å². The lowest BCUT2D eigenvalue weighted by Crippen LogP contribution is -2.11. The number of thioether (sulfide) groups is 1. The van der Waals surface area contributed by atoms with Gasteiger partial charge in [-0.15, -0.1) is 0 Å². The standard InChI is InChI=1S/C10H13NO2S/c11-8(3-4-12)7-1-2-10-9(5-7)13-6-14-10/h1-2,5,8,12H,3-4,6,11H2. The Kier molecular flexibility index (Phi) is 2.96. The van der Waals surface area contributed by atoms with Crippen molar-refractivity contribution in [3.05, 3.63) is 23.8 Å². The molecule has 0 spiro atoms. The predicted molar refractivity (Wildman–Crippen MR) is 56.4 cm³/mol. The maximum Gasteiger partial charge on any atom is 0.138 e. The first-order chi connectivity index (χ1) is 6.81. The molecule has 3 nitrogen and oxygen atoms in total. The quantitative estimate of drug-likeness (QED) is 0.795. The second-order valence-electron chi connectivity index (χ2n) is 3.23. The van der Waals surface area contributed by atoms with Crippen LogP contribution in [0.2, 0.25) is 0 Å². The van der Waals surface area contributed by atoms with Crippen LogP contribution >= 0.6 is 11.8 Å². The summed E-state index contributed by atoms with van der Waals surface area (Å²) in [5, 5.41) is 8.78. The highest BCUT2D eigenvalue weighted by atomic mass is 32.2. The molecule has 1 unspecified atom stereocenters. The summed E-state index contributed by atoms with van der Waals surface area (Å²) in [5.74, 6) is 1.61. The van der Waals surface area contributed by atoms with Crippen LogP contribution in [-0.4, -0.2) is 17.7 Å². The number of fused-ring (bicyclic) bond motifs is 1. The van der Waals surface area contributed by atoms with E-state index in [9.17, 15) is 0 Å². The first-order valence-electron chi connectivity index (χ1n) is 4.57. The second kappa shape index (κ2) is 4.21. The van der Waals surface area contributed by atoms with Crippen molar-refractivity contribution in [3.63, 3.8) is 0 Å². The molecule has 1 atom stereocenters. The zero-order valence-electron chi connectivity index (χ0n) is 7.77. The molecule has 1 aliphatic rings. The van der Waals surface area contributed by atoms with Crippen molar-refractivity contribution in [3.8, 4) is 5.75 Å². The first-order valence-corrected chi connectivity index (χ1v) is 5.56. The molecule has 0 saturated carbocycles. The van der Waals surface area contributed by atoms with Gasteiger partial charge >= 0.3 is 0 Å². The lowest BCUT2D eigenvalue weighted by Gasteiger charge is -2.10. The van der Waals surface area contributed by atoms with Crippen LogP contribution in [0.3, 0.4) is 0 Å². The Labute approximate surface area is 87.3 Å². The van der Waals surface area contributed by atoms with Crippen LogP contribution in [0, 0.1) is 0 Å². The highest BCUT2D eigenvalue weighted by molar-refractivity contribution is 7.99. The summed E-state index contributed by atoms with van der Waals surface area (Å²) in [6.45, 7) is 0.119. The van der Waals surface area contributed by atoms with Crippen LogP contribution in [0.4, 0.5) is 0 Å². The third-order valence-corrected chi connectivity index (χ3v) is 3.15. The van der Waals surface area contributed by atoms with Gasteiger partial charge in [-0.25, -0.2) is 0 Å². The van der Waals surface area contributed by atoms with Crippen molar-refractivity contribution >= 4 is 11.8 Å². The molecule has 0 aromatic heterocycles. The summed E-state index contributed by atoms with van der Waals surface area (Å²) >= 11 is 1.69. The van der Waals surface area contributed by atoms with Gasteiger partial charge < -0.3 is 15.6 Å². The Balaban J connectivity index is 2.19. The van der Waals surface area contributed by atoms with Crippen molar-refractivity contribution in [1.82, 2.24) is 0 Å². The van der Waals surface area contributed by atoms with E-state index >= 15 is 0 Å². The van der Waals surface area contributed by atoms with Crippen molar-refractivity contribution in [2.45, 2.75) is 17.4 Å². The summed E-state index contributed by atoms with van der Waals surface area (Å²) in [6.07, 6.45) is 0.589. The van der Waals surface area contributed by atoms with E-state index in [1.165, 1.54) is 4.90 Å². The van der Waals surface area contributed by atoms with Gasteiger partial charge in [0.2, 0.25) is 0 Å². The number of hydrogen-bond acceptors (Lipinski definition) is 4. The molecule has 0 amide bonds. The Hall–Kier alpha value is -0.710. The SMILES string of the molecule is NC(CCO)c1ccc2c(c1)OCS2. The average Bonchev–Trinajstić information content (AvgIpc) is 2.64. The molecular weight excluding hydrogens is 198 g/mol. The zero-order valence-corrected chi connectivity index (χ0v) is 8.59. The highest BCUT2D eigenvalue weighted by Gasteiger charge is 2.14. The smallest absolute Gasteiger partial charge is 0.138 e. The van der Waals surface area contributed by atoms with E-state index in [0.29, 0.717) is 12.4 Å². The van der Waals surface area contributed by atoms with Gasteiger partial charge in [0.05, 0.1) is 4.90 Å². The lowest BCUT2D eigenvalue weighted by molar-refractivity contribution is 0.276. The number of hydrogen-bond donors (Lipinski definition) is 2. The highest BCUT2D eigenvalue weighted by Crippen LogP contribution is 2.37. The fourth-order valence-corrected chi connectivity index (χ4v) is 2.19. The van der Waals surface area contributed by atoms with E-state index in [2.05, 4.69) is 0 Å². The van der Waals surface area contributed by atoms with Crippen molar-refractivity contribution < 1.29 is 9.84 Å². The number of nitrogens with two attached hydrogens (primary N) is 1. The first kappa shape index (κ1) is 9.83. The van der Waals surface area contributed by atoms with Gasteiger partial charge in [0.25, 0.3) is 0 Å². The Morgan fingerprint density at radius 3 is 3.21 bits per heavy atom. The fourth-order valence-electron chi connectivity index (χ4n) is 1.45. The summed E-state index contributed by atoms with van der Waals surface area (Å²) in [4.78, 5) is 1.17. The predicted octanol–water partition coefficient (Wildman–Crippen LogP) is 1.51. The minimum atomic E-state index is -0.0977. The van der Waals surface area contributed by atoms with Gasteiger partial charge in [-0.1, -0.05) is 17.8 Å². The molecular formula is C10H13NO2S. The van der Waals surface area contributed by atoms with Crippen LogP contribution < -0.4 is 10.5 Å². The van der Waals surface area contributed by atoms with Gasteiger partial charge in [-0.2, -0.15) is 0 Å². The van der Waals surface area contributed by atoms with Crippen LogP contribution in [0.5, 0.6) is 5.75 Å². The lowest BCUT2D eigenvalue weighted by atomic mass is 10.1. The van der Waals surface area contributed by atoms with Crippen LogP contribution in [0.15, 0.2) is 23.1 Å². The van der Waals surface area contributed by atoms with E-state index in [0.717, 1.165) is 11.3 Å². The minimum absolute atomic E-state index is 0.0977. The van der Waals surface area contributed by atoms with Crippen molar-refractivity contribution in [1.29, 1.82) is 0 Å². The summed E-state index contributed by atoms with van der Waals surface area (Å²) < 4.78 is 5.41. The number of aliphatic hydroxyl groups excluding tert-OH is 1. The molecule has 1 aliphatic heterocycles. The number of rotatable bonds is 3. The molecule has 14 heavy (non-hydrogen) atoms. The van der Waals surface area contributed by atoms with E-state index in [4.69, 9.17) is 15.6 Å². The number of aliphatic hydroxyl groups is 1.